The summed E-state index contributed by atoms with van der Waals surface area (Å²) in [5.74, 6) is 0.568. The van der Waals surface area contributed by atoms with E-state index in [2.05, 4.69) is 20.6 Å². The molecule has 0 amide bonds. The average Bonchev–Trinajstić information content (AvgIpc) is 2.71. The van der Waals surface area contributed by atoms with Gasteiger partial charge in [-0.05, 0) is 10.8 Å². The molecule has 0 unspecified atom stereocenters. The van der Waals surface area contributed by atoms with Crippen molar-refractivity contribution in [3.63, 3.8) is 0 Å². The van der Waals surface area contributed by atoms with Gasteiger partial charge in [-0.15, -0.1) is 10.2 Å². The van der Waals surface area contributed by atoms with E-state index in [1.165, 1.54) is 0 Å². The summed E-state index contributed by atoms with van der Waals surface area (Å²) in [5, 5.41) is 23.8. The van der Waals surface area contributed by atoms with Gasteiger partial charge in [0.05, 0.1) is 0 Å². The number of H-pyrrole nitrogens is 1. The van der Waals surface area contributed by atoms with E-state index in [0.29, 0.717) is 12.4 Å². The van der Waals surface area contributed by atoms with Gasteiger partial charge in [-0.25, -0.2) is 0 Å². The van der Waals surface area contributed by atoms with Crippen molar-refractivity contribution < 1.29 is 5.21 Å². The first kappa shape index (κ1) is 9.75. The molecular formula is C9H11N5O. The number of aromatic amines is 1. The molecule has 0 fully saturated rings. The highest BCUT2D eigenvalue weighted by molar-refractivity contribution is 5.53. The number of hydrogen-bond acceptors (Lipinski definition) is 5. The molecule has 0 atom stereocenters. The minimum Gasteiger partial charge on any atom is -0.314 e. The zero-order valence-electron chi connectivity index (χ0n) is 8.25. The number of nitrogens with zero attached hydrogens (tertiary/aromatic N) is 4. The standard InChI is InChI=1S/C9H11N5O/c1-14(15)6-7-2-4-8(5-3-7)9-10-12-13-11-9/h2-5,15H,6H2,1H3,(H,10,11,12,13). The van der Waals surface area contributed by atoms with Crippen molar-refractivity contribution in [2.75, 3.05) is 7.05 Å². The molecule has 0 aliphatic carbocycles. The van der Waals surface area contributed by atoms with Crippen molar-refractivity contribution in [1.29, 1.82) is 0 Å². The van der Waals surface area contributed by atoms with Crippen LogP contribution in [-0.4, -0.2) is 37.9 Å². The maximum atomic E-state index is 9.05. The second-order valence-electron chi connectivity index (χ2n) is 3.25. The quantitative estimate of drug-likeness (QED) is 0.721. The monoisotopic (exact) mass is 205 g/mol. The summed E-state index contributed by atoms with van der Waals surface area (Å²) in [6.45, 7) is 0.493. The third-order valence-electron chi connectivity index (χ3n) is 1.97. The van der Waals surface area contributed by atoms with Crippen LogP contribution in [0.3, 0.4) is 0 Å². The van der Waals surface area contributed by atoms with Gasteiger partial charge in [0, 0.05) is 19.2 Å². The molecule has 1 aromatic heterocycles. The molecule has 0 saturated carbocycles. The fraction of sp³-hybridized carbons (Fsp3) is 0.222. The summed E-state index contributed by atoms with van der Waals surface area (Å²) in [4.78, 5) is 0. The Morgan fingerprint density at radius 3 is 2.60 bits per heavy atom. The first-order valence-corrected chi connectivity index (χ1v) is 4.48. The Morgan fingerprint density at radius 1 is 1.33 bits per heavy atom. The Kier molecular flexibility index (Phi) is 2.70. The highest BCUT2D eigenvalue weighted by Crippen LogP contribution is 2.14. The van der Waals surface area contributed by atoms with Crippen LogP contribution in [0.15, 0.2) is 24.3 Å². The fourth-order valence-electron chi connectivity index (χ4n) is 1.31. The zero-order chi connectivity index (χ0) is 10.7. The van der Waals surface area contributed by atoms with Crippen molar-refractivity contribution >= 4 is 0 Å². The van der Waals surface area contributed by atoms with Crippen molar-refractivity contribution in [3.05, 3.63) is 29.8 Å². The SMILES string of the molecule is CN(O)Cc1ccc(-c2nn[nH]n2)cc1. The minimum absolute atomic E-state index is 0.493. The molecule has 1 heterocycles. The lowest BCUT2D eigenvalue weighted by atomic mass is 10.1. The Morgan fingerprint density at radius 2 is 2.07 bits per heavy atom. The summed E-state index contributed by atoms with van der Waals surface area (Å²) in [6.07, 6.45) is 0. The van der Waals surface area contributed by atoms with Gasteiger partial charge in [0.15, 0.2) is 0 Å². The second kappa shape index (κ2) is 4.16. The van der Waals surface area contributed by atoms with Gasteiger partial charge in [0.1, 0.15) is 0 Å². The summed E-state index contributed by atoms with van der Waals surface area (Å²) < 4.78 is 0. The van der Waals surface area contributed by atoms with Gasteiger partial charge in [-0.3, -0.25) is 0 Å². The number of aromatic nitrogens is 4. The zero-order valence-corrected chi connectivity index (χ0v) is 8.25. The van der Waals surface area contributed by atoms with E-state index in [1.54, 1.807) is 7.05 Å². The van der Waals surface area contributed by atoms with Crippen LogP contribution in [0, 0.1) is 0 Å². The van der Waals surface area contributed by atoms with Gasteiger partial charge in [-0.1, -0.05) is 24.3 Å². The lowest BCUT2D eigenvalue weighted by molar-refractivity contribution is -0.0731. The number of hydrogen-bond donors (Lipinski definition) is 2. The third-order valence-corrected chi connectivity index (χ3v) is 1.97. The van der Waals surface area contributed by atoms with Gasteiger partial charge in [-0.2, -0.15) is 10.3 Å². The number of hydroxylamine groups is 2. The van der Waals surface area contributed by atoms with Gasteiger partial charge in [0.25, 0.3) is 0 Å². The van der Waals surface area contributed by atoms with Gasteiger partial charge >= 0.3 is 0 Å². The van der Waals surface area contributed by atoms with Crippen LogP contribution in [0.4, 0.5) is 0 Å². The summed E-state index contributed by atoms with van der Waals surface area (Å²) in [7, 11) is 1.60. The van der Waals surface area contributed by atoms with E-state index < -0.39 is 0 Å². The molecule has 0 aliphatic heterocycles. The predicted molar refractivity (Wildman–Crippen MR) is 52.9 cm³/mol. The van der Waals surface area contributed by atoms with Crippen LogP contribution < -0.4 is 0 Å². The molecule has 2 aromatic rings. The van der Waals surface area contributed by atoms with Crippen molar-refractivity contribution in [3.8, 4) is 11.4 Å². The maximum absolute atomic E-state index is 9.05. The van der Waals surface area contributed by atoms with E-state index >= 15 is 0 Å². The van der Waals surface area contributed by atoms with Crippen LogP contribution >= 0.6 is 0 Å². The molecule has 0 radical (unpaired) electrons. The average molecular weight is 205 g/mol. The molecule has 2 N–H and O–H groups in total. The third kappa shape index (κ3) is 2.36. The summed E-state index contributed by atoms with van der Waals surface area (Å²) in [6, 6.07) is 7.62. The molecule has 0 saturated heterocycles. The highest BCUT2D eigenvalue weighted by atomic mass is 16.5. The second-order valence-corrected chi connectivity index (χ2v) is 3.25. The molecule has 0 aliphatic rings. The molecule has 2 rings (SSSR count). The predicted octanol–water partition coefficient (Wildman–Crippen LogP) is 0.688. The van der Waals surface area contributed by atoms with E-state index in [1.807, 2.05) is 24.3 Å². The molecule has 0 spiro atoms. The Balaban J connectivity index is 2.17. The molecular weight excluding hydrogens is 194 g/mol. The molecule has 0 bridgehead atoms. The Labute approximate surface area is 86.5 Å². The first-order valence-electron chi connectivity index (χ1n) is 4.48. The van der Waals surface area contributed by atoms with E-state index in [0.717, 1.165) is 16.2 Å². The van der Waals surface area contributed by atoms with Crippen molar-refractivity contribution in [1.82, 2.24) is 25.7 Å². The molecule has 78 valence electrons. The summed E-state index contributed by atoms with van der Waals surface area (Å²) in [5.41, 5.74) is 1.92. The fourth-order valence-corrected chi connectivity index (χ4v) is 1.31. The lowest BCUT2D eigenvalue weighted by Crippen LogP contribution is -2.11. The Bertz CT molecular complexity index is 409. The van der Waals surface area contributed by atoms with Gasteiger partial charge < -0.3 is 5.21 Å². The lowest BCUT2D eigenvalue weighted by Gasteiger charge is -2.07. The number of benzene rings is 1. The normalized spacial score (nSPS) is 10.9. The minimum atomic E-state index is 0.493. The molecule has 6 heteroatoms. The number of tetrazole rings is 1. The van der Waals surface area contributed by atoms with Crippen LogP contribution in [0.2, 0.25) is 0 Å². The van der Waals surface area contributed by atoms with E-state index in [-0.39, 0.29) is 0 Å². The topological polar surface area (TPSA) is 77.9 Å². The van der Waals surface area contributed by atoms with Crippen molar-refractivity contribution in [2.24, 2.45) is 0 Å². The largest absolute Gasteiger partial charge is 0.314 e. The first-order chi connectivity index (χ1) is 7.25. The van der Waals surface area contributed by atoms with Crippen LogP contribution in [0.1, 0.15) is 5.56 Å². The number of nitrogens with one attached hydrogen (secondary N) is 1. The van der Waals surface area contributed by atoms with E-state index in [9.17, 15) is 0 Å². The van der Waals surface area contributed by atoms with Crippen LogP contribution in [0.25, 0.3) is 11.4 Å². The number of rotatable bonds is 3. The molecule has 15 heavy (non-hydrogen) atoms. The summed E-state index contributed by atoms with van der Waals surface area (Å²) >= 11 is 0. The van der Waals surface area contributed by atoms with Gasteiger partial charge in [0.2, 0.25) is 5.82 Å². The van der Waals surface area contributed by atoms with Crippen LogP contribution in [-0.2, 0) is 6.54 Å². The molecule has 6 nitrogen and oxygen atoms in total. The molecule has 1 aromatic carbocycles. The van der Waals surface area contributed by atoms with Crippen molar-refractivity contribution in [2.45, 2.75) is 6.54 Å². The van der Waals surface area contributed by atoms with E-state index in [4.69, 9.17) is 5.21 Å². The smallest absolute Gasteiger partial charge is 0.204 e. The highest BCUT2D eigenvalue weighted by Gasteiger charge is 2.02. The Hall–Kier alpha value is -1.79. The van der Waals surface area contributed by atoms with Crippen LogP contribution in [0.5, 0.6) is 0 Å². The maximum Gasteiger partial charge on any atom is 0.204 e.